The molecule has 0 aliphatic carbocycles. The van der Waals surface area contributed by atoms with Crippen LogP contribution >= 0.6 is 11.6 Å². The number of benzene rings is 1. The number of nitrogens with zero attached hydrogens (tertiary/aromatic N) is 2. The third-order valence-electron chi connectivity index (χ3n) is 2.64. The van der Waals surface area contributed by atoms with E-state index in [1.165, 1.54) is 16.8 Å². The Morgan fingerprint density at radius 3 is 2.80 bits per heavy atom. The van der Waals surface area contributed by atoms with Gasteiger partial charge in [0.2, 0.25) is 0 Å². The Labute approximate surface area is 120 Å². The molecule has 0 atom stereocenters. The summed E-state index contributed by atoms with van der Waals surface area (Å²) in [4.78, 5) is 23.5. The van der Waals surface area contributed by atoms with Gasteiger partial charge in [-0.3, -0.25) is 9.59 Å². The number of nitrogens with one attached hydrogen (secondary N) is 1. The first-order valence-corrected chi connectivity index (χ1v) is 6.21. The van der Waals surface area contributed by atoms with Crippen molar-refractivity contribution in [2.24, 2.45) is 12.1 Å². The molecule has 20 heavy (non-hydrogen) atoms. The van der Waals surface area contributed by atoms with Crippen LogP contribution in [0, 0.1) is 0 Å². The number of rotatable bonds is 3. The molecule has 2 rings (SSSR count). The molecule has 6 heteroatoms. The van der Waals surface area contributed by atoms with Gasteiger partial charge in [-0.05, 0) is 18.2 Å². The summed E-state index contributed by atoms with van der Waals surface area (Å²) >= 11 is 5.95. The molecule has 102 valence electrons. The number of pyridine rings is 1. The van der Waals surface area contributed by atoms with Crippen LogP contribution < -0.4 is 11.0 Å². The number of hydrogen-bond donors (Lipinski definition) is 1. The molecular weight excluding hydrogens is 278 g/mol. The molecule has 1 amide bonds. The lowest BCUT2D eigenvalue weighted by molar-refractivity contribution is 0.0953. The summed E-state index contributed by atoms with van der Waals surface area (Å²) in [6, 6.07) is 10.2. The molecule has 0 saturated carbocycles. The number of carbonyl (C=O) groups excluding carboxylic acids is 1. The first-order valence-electron chi connectivity index (χ1n) is 5.83. The fraction of sp³-hybridized carbons (Fsp3) is 0.0714. The number of hydrazone groups is 1. The Morgan fingerprint density at radius 1 is 1.30 bits per heavy atom. The van der Waals surface area contributed by atoms with Crippen molar-refractivity contribution in [3.05, 3.63) is 69.1 Å². The minimum absolute atomic E-state index is 0.0336. The van der Waals surface area contributed by atoms with E-state index in [2.05, 4.69) is 10.5 Å². The molecular formula is C14H12ClN3O2. The van der Waals surface area contributed by atoms with Gasteiger partial charge >= 0.3 is 0 Å². The number of hydrogen-bond acceptors (Lipinski definition) is 3. The largest absolute Gasteiger partial charge is 0.318 e. The summed E-state index contributed by atoms with van der Waals surface area (Å²) in [7, 11) is 1.58. The molecule has 0 aliphatic heterocycles. The van der Waals surface area contributed by atoms with Gasteiger partial charge in [-0.1, -0.05) is 29.8 Å². The highest BCUT2D eigenvalue weighted by atomic mass is 35.5. The van der Waals surface area contributed by atoms with Crippen LogP contribution in [-0.2, 0) is 7.05 Å². The SMILES string of the molecule is Cn1cccc(C(=O)N/N=C\c2ccccc2Cl)c1=O. The molecule has 2 aromatic rings. The van der Waals surface area contributed by atoms with E-state index in [1.54, 1.807) is 37.5 Å². The maximum Gasteiger partial charge on any atom is 0.276 e. The predicted molar refractivity (Wildman–Crippen MR) is 78.2 cm³/mol. The number of carbonyl (C=O) groups is 1. The summed E-state index contributed by atoms with van der Waals surface area (Å²) in [5.41, 5.74) is 2.63. The van der Waals surface area contributed by atoms with Crippen molar-refractivity contribution < 1.29 is 4.79 Å². The van der Waals surface area contributed by atoms with Crippen molar-refractivity contribution in [1.82, 2.24) is 9.99 Å². The number of halogens is 1. The summed E-state index contributed by atoms with van der Waals surface area (Å²) in [5.74, 6) is -0.561. The van der Waals surface area contributed by atoms with E-state index >= 15 is 0 Å². The fourth-order valence-corrected chi connectivity index (χ4v) is 1.76. The third-order valence-corrected chi connectivity index (χ3v) is 2.99. The van der Waals surface area contributed by atoms with Crippen LogP contribution in [0.4, 0.5) is 0 Å². The lowest BCUT2D eigenvalue weighted by atomic mass is 10.2. The normalized spacial score (nSPS) is 10.7. The van der Waals surface area contributed by atoms with E-state index in [9.17, 15) is 9.59 Å². The van der Waals surface area contributed by atoms with Crippen molar-refractivity contribution in [2.75, 3.05) is 0 Å². The predicted octanol–water partition coefficient (Wildman–Crippen LogP) is 1.80. The molecule has 0 aliphatic rings. The van der Waals surface area contributed by atoms with E-state index in [-0.39, 0.29) is 11.1 Å². The first-order chi connectivity index (χ1) is 9.59. The maximum atomic E-state index is 11.8. The second-order valence-electron chi connectivity index (χ2n) is 4.06. The van der Waals surface area contributed by atoms with Crippen LogP contribution in [0.1, 0.15) is 15.9 Å². The second-order valence-corrected chi connectivity index (χ2v) is 4.47. The van der Waals surface area contributed by atoms with Gasteiger partial charge in [0.25, 0.3) is 11.5 Å². The molecule has 0 unspecified atom stereocenters. The highest BCUT2D eigenvalue weighted by Crippen LogP contribution is 2.11. The molecule has 5 nitrogen and oxygen atoms in total. The average molecular weight is 290 g/mol. The Hall–Kier alpha value is -2.40. The average Bonchev–Trinajstić information content (AvgIpc) is 2.44. The van der Waals surface area contributed by atoms with Crippen LogP contribution in [0.5, 0.6) is 0 Å². The van der Waals surface area contributed by atoms with E-state index in [1.807, 2.05) is 6.07 Å². The Morgan fingerprint density at radius 2 is 2.05 bits per heavy atom. The highest BCUT2D eigenvalue weighted by Gasteiger charge is 2.09. The molecule has 0 bridgehead atoms. The molecule has 0 fully saturated rings. The number of aromatic nitrogens is 1. The first kappa shape index (κ1) is 14.0. The molecule has 1 aromatic heterocycles. The molecule has 0 saturated heterocycles. The fourth-order valence-electron chi connectivity index (χ4n) is 1.57. The lowest BCUT2D eigenvalue weighted by Gasteiger charge is -2.01. The van der Waals surface area contributed by atoms with Crippen LogP contribution in [0.3, 0.4) is 0 Å². The smallest absolute Gasteiger partial charge is 0.276 e. The quantitative estimate of drug-likeness (QED) is 0.692. The van der Waals surface area contributed by atoms with Gasteiger partial charge in [0, 0.05) is 23.8 Å². The van der Waals surface area contributed by atoms with Crippen molar-refractivity contribution >= 4 is 23.7 Å². The van der Waals surface area contributed by atoms with Gasteiger partial charge in [-0.25, -0.2) is 5.43 Å². The zero-order valence-electron chi connectivity index (χ0n) is 10.7. The van der Waals surface area contributed by atoms with Crippen LogP contribution in [0.2, 0.25) is 5.02 Å². The highest BCUT2D eigenvalue weighted by molar-refractivity contribution is 6.33. The Bertz CT molecular complexity index is 722. The monoisotopic (exact) mass is 289 g/mol. The van der Waals surface area contributed by atoms with E-state index in [0.29, 0.717) is 10.6 Å². The summed E-state index contributed by atoms with van der Waals surface area (Å²) in [6.45, 7) is 0. The lowest BCUT2D eigenvalue weighted by Crippen LogP contribution is -2.29. The minimum Gasteiger partial charge on any atom is -0.318 e. The van der Waals surface area contributed by atoms with E-state index in [4.69, 9.17) is 11.6 Å². The Balaban J connectivity index is 2.12. The molecule has 1 aromatic carbocycles. The Kier molecular flexibility index (Phi) is 4.32. The standard InChI is InChI=1S/C14H12ClN3O2/c1-18-8-4-6-11(14(18)20)13(19)17-16-9-10-5-2-3-7-12(10)15/h2-9H,1H3,(H,17,19)/b16-9-. The third kappa shape index (κ3) is 3.13. The minimum atomic E-state index is -0.561. The van der Waals surface area contributed by atoms with Crippen molar-refractivity contribution in [3.63, 3.8) is 0 Å². The zero-order chi connectivity index (χ0) is 14.5. The van der Waals surface area contributed by atoms with Crippen LogP contribution in [0.25, 0.3) is 0 Å². The molecule has 1 N–H and O–H groups in total. The molecule has 1 heterocycles. The van der Waals surface area contributed by atoms with Crippen molar-refractivity contribution in [2.45, 2.75) is 0 Å². The van der Waals surface area contributed by atoms with E-state index in [0.717, 1.165) is 0 Å². The second kappa shape index (κ2) is 6.16. The number of aryl methyl sites for hydroxylation is 1. The van der Waals surface area contributed by atoms with Gasteiger partial charge in [-0.15, -0.1) is 0 Å². The topological polar surface area (TPSA) is 63.5 Å². The van der Waals surface area contributed by atoms with E-state index < -0.39 is 5.91 Å². The van der Waals surface area contributed by atoms with Gasteiger partial charge in [0.05, 0.1) is 6.21 Å². The maximum absolute atomic E-state index is 11.8. The van der Waals surface area contributed by atoms with Gasteiger partial charge in [0.15, 0.2) is 0 Å². The summed E-state index contributed by atoms with van der Waals surface area (Å²) in [5, 5.41) is 4.32. The molecule has 0 radical (unpaired) electrons. The van der Waals surface area contributed by atoms with Gasteiger partial charge < -0.3 is 4.57 Å². The summed E-state index contributed by atoms with van der Waals surface area (Å²) in [6.07, 6.45) is 3.00. The zero-order valence-corrected chi connectivity index (χ0v) is 11.5. The summed E-state index contributed by atoms with van der Waals surface area (Å²) < 4.78 is 1.33. The van der Waals surface area contributed by atoms with Crippen molar-refractivity contribution in [1.29, 1.82) is 0 Å². The van der Waals surface area contributed by atoms with Crippen LogP contribution in [0.15, 0.2) is 52.5 Å². The molecule has 0 spiro atoms. The van der Waals surface area contributed by atoms with Crippen molar-refractivity contribution in [3.8, 4) is 0 Å². The van der Waals surface area contributed by atoms with Gasteiger partial charge in [0.1, 0.15) is 5.56 Å². The van der Waals surface area contributed by atoms with Gasteiger partial charge in [-0.2, -0.15) is 5.10 Å². The van der Waals surface area contributed by atoms with Crippen LogP contribution in [-0.4, -0.2) is 16.7 Å². The number of amides is 1.